The van der Waals surface area contributed by atoms with E-state index in [1.807, 2.05) is 0 Å². The summed E-state index contributed by atoms with van der Waals surface area (Å²) in [7, 11) is 0. The van der Waals surface area contributed by atoms with Crippen LogP contribution >= 0.6 is 0 Å². The summed E-state index contributed by atoms with van der Waals surface area (Å²) in [6, 6.07) is 0. The van der Waals surface area contributed by atoms with Gasteiger partial charge in [-0.3, -0.25) is 0 Å². The second-order valence-corrected chi connectivity index (χ2v) is 2.25. The molecule has 1 N–H and O–H groups in total. The minimum atomic E-state index is -0.930. The standard InChI is InChI=1S/C9H15O4/c1-2-12-7-8-13-6-4-3-5-9(10)11/h3,5H,1-2,4,6-8H2,(H,10,11). The summed E-state index contributed by atoms with van der Waals surface area (Å²) in [5.74, 6) is -0.930. The Morgan fingerprint density at radius 1 is 1.31 bits per heavy atom. The maximum absolute atomic E-state index is 10.0. The lowest BCUT2D eigenvalue weighted by Gasteiger charge is -2.01. The minimum absolute atomic E-state index is 0.447. The highest BCUT2D eigenvalue weighted by atomic mass is 16.5. The first-order valence-corrected chi connectivity index (χ1v) is 4.11. The van der Waals surface area contributed by atoms with Crippen LogP contribution in [-0.4, -0.2) is 37.5 Å². The third kappa shape index (κ3) is 11.1. The van der Waals surface area contributed by atoms with Crippen LogP contribution in [0.3, 0.4) is 0 Å². The molecule has 4 heteroatoms. The van der Waals surface area contributed by atoms with Gasteiger partial charge in [-0.05, 0) is 13.3 Å². The Morgan fingerprint density at radius 3 is 2.62 bits per heavy atom. The van der Waals surface area contributed by atoms with Crippen LogP contribution in [0.2, 0.25) is 0 Å². The van der Waals surface area contributed by atoms with Crippen molar-refractivity contribution in [1.29, 1.82) is 0 Å². The third-order valence-corrected chi connectivity index (χ3v) is 1.21. The zero-order chi connectivity index (χ0) is 9.94. The second-order valence-electron chi connectivity index (χ2n) is 2.25. The number of aliphatic carboxylic acids is 1. The lowest BCUT2D eigenvalue weighted by atomic mass is 10.4. The highest BCUT2D eigenvalue weighted by molar-refractivity contribution is 5.79. The first-order chi connectivity index (χ1) is 6.27. The predicted molar refractivity (Wildman–Crippen MR) is 48.4 cm³/mol. The number of carboxylic acids is 1. The van der Waals surface area contributed by atoms with E-state index in [2.05, 4.69) is 6.92 Å². The highest BCUT2D eigenvalue weighted by Crippen LogP contribution is 1.86. The monoisotopic (exact) mass is 187 g/mol. The van der Waals surface area contributed by atoms with Gasteiger partial charge in [0.1, 0.15) is 0 Å². The van der Waals surface area contributed by atoms with Crippen molar-refractivity contribution in [2.24, 2.45) is 0 Å². The molecule has 0 rings (SSSR count). The van der Waals surface area contributed by atoms with E-state index >= 15 is 0 Å². The van der Waals surface area contributed by atoms with Crippen LogP contribution in [0.5, 0.6) is 0 Å². The van der Waals surface area contributed by atoms with E-state index in [0.29, 0.717) is 32.8 Å². The molecule has 4 nitrogen and oxygen atoms in total. The fraction of sp³-hybridized carbons (Fsp3) is 0.556. The highest BCUT2D eigenvalue weighted by Gasteiger charge is 1.88. The zero-order valence-corrected chi connectivity index (χ0v) is 7.57. The van der Waals surface area contributed by atoms with Crippen molar-refractivity contribution in [3.63, 3.8) is 0 Å². The lowest BCUT2D eigenvalue weighted by molar-refractivity contribution is -0.131. The Morgan fingerprint density at radius 2 is 2.00 bits per heavy atom. The molecule has 1 radical (unpaired) electrons. The summed E-state index contributed by atoms with van der Waals surface area (Å²) in [5.41, 5.74) is 0. The van der Waals surface area contributed by atoms with Crippen molar-refractivity contribution in [3.8, 4) is 0 Å². The largest absolute Gasteiger partial charge is 0.478 e. The average molecular weight is 187 g/mol. The summed E-state index contributed by atoms with van der Waals surface area (Å²) in [5, 5.41) is 8.23. The van der Waals surface area contributed by atoms with E-state index in [0.717, 1.165) is 6.08 Å². The molecule has 0 atom stereocenters. The van der Waals surface area contributed by atoms with Crippen LogP contribution in [0.25, 0.3) is 0 Å². The smallest absolute Gasteiger partial charge is 0.327 e. The molecule has 0 spiro atoms. The molecule has 0 heterocycles. The van der Waals surface area contributed by atoms with Gasteiger partial charge in [-0.25, -0.2) is 4.79 Å². The van der Waals surface area contributed by atoms with Crippen molar-refractivity contribution < 1.29 is 19.4 Å². The van der Waals surface area contributed by atoms with Crippen molar-refractivity contribution in [1.82, 2.24) is 0 Å². The van der Waals surface area contributed by atoms with Crippen LogP contribution in [0.15, 0.2) is 12.2 Å². The van der Waals surface area contributed by atoms with Gasteiger partial charge in [-0.2, -0.15) is 0 Å². The van der Waals surface area contributed by atoms with Crippen LogP contribution in [0.1, 0.15) is 6.42 Å². The maximum atomic E-state index is 10.0. The van der Waals surface area contributed by atoms with E-state index in [4.69, 9.17) is 14.6 Å². The molecule has 75 valence electrons. The van der Waals surface area contributed by atoms with Crippen molar-refractivity contribution in [2.45, 2.75) is 6.42 Å². The van der Waals surface area contributed by atoms with Crippen LogP contribution in [0, 0.1) is 6.92 Å². The van der Waals surface area contributed by atoms with Crippen LogP contribution in [-0.2, 0) is 14.3 Å². The first kappa shape index (κ1) is 12.1. The number of hydrogen-bond donors (Lipinski definition) is 1. The molecule has 0 unspecified atom stereocenters. The first-order valence-electron chi connectivity index (χ1n) is 4.11. The van der Waals surface area contributed by atoms with Gasteiger partial charge >= 0.3 is 5.97 Å². The Kier molecular flexibility index (Phi) is 8.60. The molecule has 0 aliphatic heterocycles. The quantitative estimate of drug-likeness (QED) is 0.453. The Labute approximate surface area is 78.2 Å². The molecule has 0 fully saturated rings. The fourth-order valence-corrected chi connectivity index (χ4v) is 0.658. The van der Waals surface area contributed by atoms with Crippen molar-refractivity contribution in [2.75, 3.05) is 26.4 Å². The zero-order valence-electron chi connectivity index (χ0n) is 7.57. The van der Waals surface area contributed by atoms with E-state index in [1.54, 1.807) is 6.08 Å². The summed E-state index contributed by atoms with van der Waals surface area (Å²) >= 11 is 0. The minimum Gasteiger partial charge on any atom is -0.478 e. The molecule has 0 aromatic rings. The molecular weight excluding hydrogens is 172 g/mol. The van der Waals surface area contributed by atoms with Crippen molar-refractivity contribution in [3.05, 3.63) is 19.1 Å². The molecule has 0 aliphatic rings. The van der Waals surface area contributed by atoms with Gasteiger partial charge in [-0.15, -0.1) is 0 Å². The van der Waals surface area contributed by atoms with Crippen LogP contribution < -0.4 is 0 Å². The number of carboxylic acid groups (broad SMARTS) is 1. The van der Waals surface area contributed by atoms with E-state index < -0.39 is 5.97 Å². The number of carbonyl (C=O) groups is 1. The van der Waals surface area contributed by atoms with E-state index in [-0.39, 0.29) is 0 Å². The normalized spacial score (nSPS) is 10.8. The Bertz CT molecular complexity index is 154. The summed E-state index contributed by atoms with van der Waals surface area (Å²) in [4.78, 5) is 10.0. The molecular formula is C9H15O4. The topological polar surface area (TPSA) is 55.8 Å². The van der Waals surface area contributed by atoms with E-state index in [9.17, 15) is 4.79 Å². The molecule has 13 heavy (non-hydrogen) atoms. The summed E-state index contributed by atoms with van der Waals surface area (Å²) in [6.07, 6.45) is 3.27. The van der Waals surface area contributed by atoms with Gasteiger partial charge in [0.2, 0.25) is 0 Å². The Balaban J connectivity index is 3.03. The second kappa shape index (κ2) is 9.22. The number of rotatable bonds is 8. The molecule has 0 bridgehead atoms. The van der Waals surface area contributed by atoms with Gasteiger partial charge in [0.05, 0.1) is 19.8 Å². The third-order valence-electron chi connectivity index (χ3n) is 1.21. The lowest BCUT2D eigenvalue weighted by Crippen LogP contribution is -2.04. The van der Waals surface area contributed by atoms with Gasteiger partial charge in [-0.1, -0.05) is 6.08 Å². The van der Waals surface area contributed by atoms with E-state index in [1.165, 1.54) is 0 Å². The SMILES string of the molecule is [CH2]COCCOCCC=CC(=O)O. The fourth-order valence-electron chi connectivity index (χ4n) is 0.658. The molecule has 0 aromatic carbocycles. The summed E-state index contributed by atoms with van der Waals surface area (Å²) in [6.45, 7) is 5.52. The molecule has 0 saturated carbocycles. The van der Waals surface area contributed by atoms with Gasteiger partial charge in [0.25, 0.3) is 0 Å². The van der Waals surface area contributed by atoms with Gasteiger partial charge in [0.15, 0.2) is 0 Å². The van der Waals surface area contributed by atoms with Gasteiger partial charge in [0, 0.05) is 12.7 Å². The molecule has 0 aliphatic carbocycles. The van der Waals surface area contributed by atoms with Crippen molar-refractivity contribution >= 4 is 5.97 Å². The van der Waals surface area contributed by atoms with Gasteiger partial charge < -0.3 is 14.6 Å². The summed E-state index contributed by atoms with van der Waals surface area (Å²) < 4.78 is 10.1. The number of ether oxygens (including phenoxy) is 2. The maximum Gasteiger partial charge on any atom is 0.327 e. The molecule has 0 amide bonds. The average Bonchev–Trinajstić information content (AvgIpc) is 2.09. The van der Waals surface area contributed by atoms with Crippen LogP contribution in [0.4, 0.5) is 0 Å². The Hall–Kier alpha value is -0.870. The predicted octanol–water partition coefficient (Wildman–Crippen LogP) is 0.885. The number of hydrogen-bond acceptors (Lipinski definition) is 3. The molecule has 0 aromatic heterocycles. The molecule has 0 saturated heterocycles.